The van der Waals surface area contributed by atoms with Crippen LogP contribution >= 0.6 is 12.4 Å². The van der Waals surface area contributed by atoms with Crippen molar-refractivity contribution in [2.75, 3.05) is 31.2 Å². The molecule has 0 aliphatic carbocycles. The SMILES string of the molecule is Cc1ccc(OCC(=O)N2CCN[C@H]3CS(=O)(=O)C[C@H]32)c(C(=O)O)c1.Cl. The molecule has 2 heterocycles. The van der Waals surface area contributed by atoms with E-state index in [2.05, 4.69) is 5.32 Å². The number of hydrogen-bond acceptors (Lipinski definition) is 6. The molecular weight excluding hydrogens is 384 g/mol. The molecule has 2 fully saturated rings. The molecule has 8 nitrogen and oxygen atoms in total. The third kappa shape index (κ3) is 4.28. The first-order valence-corrected chi connectivity index (χ1v) is 9.79. The highest BCUT2D eigenvalue weighted by Crippen LogP contribution is 2.23. The molecule has 0 bridgehead atoms. The maximum atomic E-state index is 12.5. The minimum absolute atomic E-state index is 0. The van der Waals surface area contributed by atoms with Crippen LogP contribution in [0.5, 0.6) is 5.75 Å². The van der Waals surface area contributed by atoms with E-state index in [0.29, 0.717) is 13.1 Å². The summed E-state index contributed by atoms with van der Waals surface area (Å²) in [4.78, 5) is 25.3. The lowest BCUT2D eigenvalue weighted by molar-refractivity contribution is -0.136. The molecule has 0 radical (unpaired) electrons. The van der Waals surface area contributed by atoms with Gasteiger partial charge in [-0.25, -0.2) is 13.2 Å². The highest BCUT2D eigenvalue weighted by Gasteiger charge is 2.44. The van der Waals surface area contributed by atoms with E-state index in [1.165, 1.54) is 17.0 Å². The van der Waals surface area contributed by atoms with E-state index in [-0.39, 0.29) is 53.8 Å². The average molecular weight is 405 g/mol. The first kappa shape index (κ1) is 20.5. The number of ether oxygens (including phenoxy) is 1. The van der Waals surface area contributed by atoms with Crippen LogP contribution in [0.4, 0.5) is 0 Å². The van der Waals surface area contributed by atoms with Crippen LogP contribution < -0.4 is 10.1 Å². The van der Waals surface area contributed by atoms with Gasteiger partial charge in [0.1, 0.15) is 11.3 Å². The Kier molecular flexibility index (Phi) is 6.15. The number of amides is 1. The molecule has 1 amide bonds. The summed E-state index contributed by atoms with van der Waals surface area (Å²) in [5, 5.41) is 12.4. The molecule has 26 heavy (non-hydrogen) atoms. The number of nitrogens with one attached hydrogen (secondary N) is 1. The summed E-state index contributed by atoms with van der Waals surface area (Å²) in [7, 11) is -3.16. The Morgan fingerprint density at radius 3 is 2.77 bits per heavy atom. The van der Waals surface area contributed by atoms with Gasteiger partial charge < -0.3 is 20.1 Å². The number of piperazine rings is 1. The van der Waals surface area contributed by atoms with Crippen molar-refractivity contribution in [2.45, 2.75) is 19.0 Å². The Bertz CT molecular complexity index is 813. The third-order valence-electron chi connectivity index (χ3n) is 4.52. The van der Waals surface area contributed by atoms with Crippen molar-refractivity contribution in [1.29, 1.82) is 0 Å². The van der Waals surface area contributed by atoms with Gasteiger partial charge in [-0.05, 0) is 19.1 Å². The van der Waals surface area contributed by atoms with E-state index in [4.69, 9.17) is 4.74 Å². The average Bonchev–Trinajstić information content (AvgIpc) is 2.86. The molecule has 0 saturated carbocycles. The van der Waals surface area contributed by atoms with E-state index >= 15 is 0 Å². The lowest BCUT2D eigenvalue weighted by atomic mass is 10.1. The van der Waals surface area contributed by atoms with Crippen LogP contribution in [0.25, 0.3) is 0 Å². The number of sulfone groups is 1. The standard InChI is InChI=1S/C16H20N2O6S.ClH/c1-10-2-3-14(11(6-10)16(20)21)24-7-15(19)18-5-4-17-12-8-25(22,23)9-13(12)18;/h2-3,6,12-13,17H,4-5,7-9H2,1H3,(H,20,21);1H/t12-,13+;/m0./s1. The Labute approximate surface area is 157 Å². The number of fused-ring (bicyclic) bond motifs is 1. The number of carboxylic acids is 1. The molecule has 2 aliphatic rings. The van der Waals surface area contributed by atoms with Crippen molar-refractivity contribution in [3.63, 3.8) is 0 Å². The normalized spacial score (nSPS) is 23.7. The lowest BCUT2D eigenvalue weighted by Crippen LogP contribution is -2.59. The van der Waals surface area contributed by atoms with Gasteiger partial charge in [0.25, 0.3) is 5.91 Å². The summed E-state index contributed by atoms with van der Waals surface area (Å²) in [6.45, 7) is 2.36. The van der Waals surface area contributed by atoms with E-state index in [1.54, 1.807) is 13.0 Å². The van der Waals surface area contributed by atoms with Gasteiger partial charge in [-0.3, -0.25) is 4.79 Å². The van der Waals surface area contributed by atoms with Crippen molar-refractivity contribution >= 4 is 34.1 Å². The Morgan fingerprint density at radius 2 is 2.08 bits per heavy atom. The fraction of sp³-hybridized carbons (Fsp3) is 0.500. The number of carboxylic acid groups (broad SMARTS) is 1. The summed E-state index contributed by atoms with van der Waals surface area (Å²) in [6.07, 6.45) is 0. The number of halogens is 1. The Balaban J connectivity index is 0.00000243. The first-order valence-electron chi connectivity index (χ1n) is 7.97. The predicted molar refractivity (Wildman–Crippen MR) is 96.8 cm³/mol. The van der Waals surface area contributed by atoms with Crippen molar-refractivity contribution in [3.8, 4) is 5.75 Å². The van der Waals surface area contributed by atoms with Crippen molar-refractivity contribution < 1.29 is 27.9 Å². The number of hydrogen-bond donors (Lipinski definition) is 2. The van der Waals surface area contributed by atoms with Crippen LogP contribution in [0.3, 0.4) is 0 Å². The molecule has 0 aromatic heterocycles. The predicted octanol–water partition coefficient (Wildman–Crippen LogP) is 0.0912. The highest BCUT2D eigenvalue weighted by atomic mass is 35.5. The molecule has 1 aromatic carbocycles. The van der Waals surface area contributed by atoms with Crippen LogP contribution in [-0.2, 0) is 14.6 Å². The molecule has 3 rings (SSSR count). The number of benzene rings is 1. The van der Waals surface area contributed by atoms with Crippen LogP contribution in [0, 0.1) is 6.92 Å². The summed E-state index contributed by atoms with van der Waals surface area (Å²) < 4.78 is 29.1. The maximum absolute atomic E-state index is 12.5. The lowest BCUT2D eigenvalue weighted by Gasteiger charge is -2.37. The van der Waals surface area contributed by atoms with Crippen LogP contribution in [0.15, 0.2) is 18.2 Å². The first-order chi connectivity index (χ1) is 11.8. The van der Waals surface area contributed by atoms with Gasteiger partial charge in [-0.1, -0.05) is 11.6 Å². The number of aromatic carboxylic acids is 1. The summed E-state index contributed by atoms with van der Waals surface area (Å²) in [6, 6.07) is 4.05. The molecule has 2 saturated heterocycles. The van der Waals surface area contributed by atoms with Crippen LogP contribution in [-0.4, -0.2) is 73.6 Å². The number of rotatable bonds is 4. The topological polar surface area (TPSA) is 113 Å². The van der Waals surface area contributed by atoms with Gasteiger partial charge >= 0.3 is 5.97 Å². The summed E-state index contributed by atoms with van der Waals surface area (Å²) >= 11 is 0. The van der Waals surface area contributed by atoms with E-state index < -0.39 is 21.8 Å². The quantitative estimate of drug-likeness (QED) is 0.731. The number of nitrogens with zero attached hydrogens (tertiary/aromatic N) is 1. The third-order valence-corrected chi connectivity index (χ3v) is 6.24. The van der Waals surface area contributed by atoms with Crippen molar-refractivity contribution in [3.05, 3.63) is 29.3 Å². The van der Waals surface area contributed by atoms with Gasteiger partial charge in [-0.2, -0.15) is 0 Å². The largest absolute Gasteiger partial charge is 0.483 e. The highest BCUT2D eigenvalue weighted by molar-refractivity contribution is 7.91. The fourth-order valence-electron chi connectivity index (χ4n) is 3.34. The maximum Gasteiger partial charge on any atom is 0.339 e. The molecule has 1 aromatic rings. The van der Waals surface area contributed by atoms with Gasteiger partial charge in [-0.15, -0.1) is 12.4 Å². The van der Waals surface area contributed by atoms with Crippen LogP contribution in [0.2, 0.25) is 0 Å². The van der Waals surface area contributed by atoms with Gasteiger partial charge in [0.05, 0.1) is 17.5 Å². The zero-order chi connectivity index (χ0) is 18.2. The molecule has 2 aliphatic heterocycles. The van der Waals surface area contributed by atoms with Gasteiger partial charge in [0, 0.05) is 19.1 Å². The molecule has 2 N–H and O–H groups in total. The number of carbonyl (C=O) groups excluding carboxylic acids is 1. The summed E-state index contributed by atoms with van der Waals surface area (Å²) in [5.41, 5.74) is 0.770. The van der Waals surface area contributed by atoms with Gasteiger partial charge in [0.2, 0.25) is 0 Å². The van der Waals surface area contributed by atoms with Crippen molar-refractivity contribution in [2.24, 2.45) is 0 Å². The Hall–Kier alpha value is -1.84. The molecule has 0 unspecified atom stereocenters. The zero-order valence-corrected chi connectivity index (χ0v) is 15.8. The monoisotopic (exact) mass is 404 g/mol. The second-order valence-corrected chi connectivity index (χ2v) is 8.54. The second-order valence-electron chi connectivity index (χ2n) is 6.39. The smallest absolute Gasteiger partial charge is 0.339 e. The zero-order valence-electron chi connectivity index (χ0n) is 14.2. The minimum atomic E-state index is -3.16. The number of carbonyl (C=O) groups is 2. The van der Waals surface area contributed by atoms with E-state index in [9.17, 15) is 23.1 Å². The van der Waals surface area contributed by atoms with Crippen molar-refractivity contribution in [1.82, 2.24) is 10.2 Å². The Morgan fingerprint density at radius 1 is 1.35 bits per heavy atom. The molecule has 144 valence electrons. The molecule has 2 atom stereocenters. The van der Waals surface area contributed by atoms with E-state index in [0.717, 1.165) is 5.56 Å². The van der Waals surface area contributed by atoms with Gasteiger partial charge in [0.15, 0.2) is 16.4 Å². The molecular formula is C16H21ClN2O6S. The van der Waals surface area contributed by atoms with Crippen LogP contribution in [0.1, 0.15) is 15.9 Å². The van der Waals surface area contributed by atoms with E-state index in [1.807, 2.05) is 0 Å². The number of aryl methyl sites for hydroxylation is 1. The summed E-state index contributed by atoms with van der Waals surface area (Å²) in [5.74, 6) is -1.37. The molecule has 10 heteroatoms. The molecule has 0 spiro atoms. The minimum Gasteiger partial charge on any atom is -0.483 e. The fourth-order valence-corrected chi connectivity index (χ4v) is 5.29. The second kappa shape index (κ2) is 7.81.